The molecule has 2 aromatic carbocycles. The number of rotatable bonds is 3. The largest absolute Gasteiger partial charge is 0.416 e. The number of carbonyl (C=O) groups is 2. The number of anilines is 2. The van der Waals surface area contributed by atoms with Crippen molar-refractivity contribution in [2.45, 2.75) is 25.4 Å². The average Bonchev–Trinajstić information content (AvgIpc) is 2.62. The van der Waals surface area contributed by atoms with E-state index >= 15 is 0 Å². The zero-order valence-electron chi connectivity index (χ0n) is 13.8. The summed E-state index contributed by atoms with van der Waals surface area (Å²) in [7, 11) is 0. The van der Waals surface area contributed by atoms with E-state index in [9.17, 15) is 22.8 Å². The second kappa shape index (κ2) is 7.19. The van der Waals surface area contributed by atoms with Crippen molar-refractivity contribution >= 4 is 23.2 Å². The standard InChI is InChI=1S/C19H17F3N2O2/c20-19(21,22)14-6-3-5-13(11-14)18(26)23-15-7-4-8-16(12-15)24-10-2-1-9-17(24)25/h3-8,11-12H,1-2,9-10H2,(H,23,26). The molecule has 0 atom stereocenters. The van der Waals surface area contributed by atoms with Gasteiger partial charge in [-0.25, -0.2) is 0 Å². The van der Waals surface area contributed by atoms with E-state index in [1.165, 1.54) is 12.1 Å². The number of nitrogens with one attached hydrogen (secondary N) is 1. The van der Waals surface area contributed by atoms with Gasteiger partial charge >= 0.3 is 6.18 Å². The Morgan fingerprint density at radius 2 is 1.81 bits per heavy atom. The quantitative estimate of drug-likeness (QED) is 0.876. The third-order valence-corrected chi connectivity index (χ3v) is 4.19. The van der Waals surface area contributed by atoms with Gasteiger partial charge in [0.2, 0.25) is 5.91 Å². The normalized spacial score (nSPS) is 15.0. The van der Waals surface area contributed by atoms with Crippen LogP contribution in [0.4, 0.5) is 24.5 Å². The summed E-state index contributed by atoms with van der Waals surface area (Å²) in [6, 6.07) is 11.0. The molecule has 3 rings (SSSR count). The predicted molar refractivity (Wildman–Crippen MR) is 92.0 cm³/mol. The van der Waals surface area contributed by atoms with Gasteiger partial charge in [0.1, 0.15) is 0 Å². The molecule has 1 fully saturated rings. The number of carbonyl (C=O) groups excluding carboxylic acids is 2. The summed E-state index contributed by atoms with van der Waals surface area (Å²) in [6.07, 6.45) is -2.25. The van der Waals surface area contributed by atoms with Crippen molar-refractivity contribution in [3.05, 3.63) is 59.7 Å². The van der Waals surface area contributed by atoms with Crippen molar-refractivity contribution in [1.29, 1.82) is 0 Å². The number of halogens is 3. The first-order chi connectivity index (χ1) is 12.3. The molecule has 1 heterocycles. The van der Waals surface area contributed by atoms with Crippen LogP contribution in [0.25, 0.3) is 0 Å². The number of amides is 2. The molecule has 0 unspecified atom stereocenters. The van der Waals surface area contributed by atoms with Gasteiger partial charge in [0.25, 0.3) is 5.91 Å². The minimum absolute atomic E-state index is 0.0256. The van der Waals surface area contributed by atoms with Gasteiger partial charge in [-0.2, -0.15) is 13.2 Å². The molecular formula is C19H17F3N2O2. The molecule has 4 nitrogen and oxygen atoms in total. The van der Waals surface area contributed by atoms with Crippen molar-refractivity contribution in [2.24, 2.45) is 0 Å². The first kappa shape index (κ1) is 18.0. The van der Waals surface area contributed by atoms with Crippen LogP contribution in [0.5, 0.6) is 0 Å². The van der Waals surface area contributed by atoms with E-state index in [1.807, 2.05) is 0 Å². The molecule has 26 heavy (non-hydrogen) atoms. The summed E-state index contributed by atoms with van der Waals surface area (Å²) in [5, 5.41) is 2.59. The maximum atomic E-state index is 12.8. The lowest BCUT2D eigenvalue weighted by Gasteiger charge is -2.27. The van der Waals surface area contributed by atoms with Crippen molar-refractivity contribution in [1.82, 2.24) is 0 Å². The second-order valence-corrected chi connectivity index (χ2v) is 6.09. The van der Waals surface area contributed by atoms with Crippen LogP contribution in [0.2, 0.25) is 0 Å². The second-order valence-electron chi connectivity index (χ2n) is 6.09. The van der Waals surface area contributed by atoms with E-state index in [2.05, 4.69) is 5.32 Å². The third-order valence-electron chi connectivity index (χ3n) is 4.19. The minimum Gasteiger partial charge on any atom is -0.322 e. The van der Waals surface area contributed by atoms with Crippen LogP contribution in [0.15, 0.2) is 48.5 Å². The Hall–Kier alpha value is -2.83. The highest BCUT2D eigenvalue weighted by Crippen LogP contribution is 2.30. The van der Waals surface area contributed by atoms with Gasteiger partial charge in [0.05, 0.1) is 5.56 Å². The van der Waals surface area contributed by atoms with E-state index in [4.69, 9.17) is 0 Å². The predicted octanol–water partition coefficient (Wildman–Crippen LogP) is 4.47. The van der Waals surface area contributed by atoms with Crippen LogP contribution in [0, 0.1) is 0 Å². The van der Waals surface area contributed by atoms with E-state index in [0.29, 0.717) is 24.3 Å². The molecule has 136 valence electrons. The molecule has 7 heteroatoms. The Kier molecular flexibility index (Phi) is 4.97. The highest BCUT2D eigenvalue weighted by atomic mass is 19.4. The molecule has 1 N–H and O–H groups in total. The van der Waals surface area contributed by atoms with Crippen LogP contribution >= 0.6 is 0 Å². The highest BCUT2D eigenvalue weighted by molar-refractivity contribution is 6.05. The van der Waals surface area contributed by atoms with Gasteiger partial charge in [0, 0.05) is 29.9 Å². The van der Waals surface area contributed by atoms with Gasteiger partial charge in [-0.1, -0.05) is 12.1 Å². The topological polar surface area (TPSA) is 49.4 Å². The molecule has 0 aliphatic carbocycles. The van der Waals surface area contributed by atoms with Crippen molar-refractivity contribution in [3.8, 4) is 0 Å². The molecular weight excluding hydrogens is 345 g/mol. The molecule has 0 aromatic heterocycles. The zero-order chi connectivity index (χ0) is 18.7. The van der Waals surface area contributed by atoms with Gasteiger partial charge < -0.3 is 10.2 Å². The monoisotopic (exact) mass is 362 g/mol. The summed E-state index contributed by atoms with van der Waals surface area (Å²) >= 11 is 0. The van der Waals surface area contributed by atoms with E-state index in [0.717, 1.165) is 25.0 Å². The van der Waals surface area contributed by atoms with Crippen LogP contribution in [-0.2, 0) is 11.0 Å². The van der Waals surface area contributed by atoms with Crippen molar-refractivity contribution in [3.63, 3.8) is 0 Å². The average molecular weight is 362 g/mol. The van der Waals surface area contributed by atoms with Crippen molar-refractivity contribution < 1.29 is 22.8 Å². The van der Waals surface area contributed by atoms with E-state index in [-0.39, 0.29) is 11.5 Å². The Morgan fingerprint density at radius 3 is 2.54 bits per heavy atom. The number of hydrogen-bond acceptors (Lipinski definition) is 2. The molecule has 2 amide bonds. The van der Waals surface area contributed by atoms with Gasteiger partial charge in [-0.05, 0) is 49.2 Å². The Labute approximate surface area is 148 Å². The van der Waals surface area contributed by atoms with Crippen LogP contribution in [0.3, 0.4) is 0 Å². The number of piperidine rings is 1. The molecule has 1 aliphatic rings. The van der Waals surface area contributed by atoms with Gasteiger partial charge in [0.15, 0.2) is 0 Å². The molecule has 0 bridgehead atoms. The number of alkyl halides is 3. The van der Waals surface area contributed by atoms with Crippen LogP contribution in [-0.4, -0.2) is 18.4 Å². The first-order valence-corrected chi connectivity index (χ1v) is 8.23. The van der Waals surface area contributed by atoms with Crippen LogP contribution < -0.4 is 10.2 Å². The maximum Gasteiger partial charge on any atom is 0.416 e. The molecule has 0 spiro atoms. The summed E-state index contributed by atoms with van der Waals surface area (Å²) in [4.78, 5) is 26.0. The molecule has 0 radical (unpaired) electrons. The smallest absolute Gasteiger partial charge is 0.322 e. The van der Waals surface area contributed by atoms with Gasteiger partial charge in [-0.3, -0.25) is 9.59 Å². The number of nitrogens with zero attached hydrogens (tertiary/aromatic N) is 1. The SMILES string of the molecule is O=C(Nc1cccc(N2CCCCC2=O)c1)c1cccc(C(F)(F)F)c1. The summed E-state index contributed by atoms with van der Waals surface area (Å²) in [5.74, 6) is -0.615. The molecule has 1 saturated heterocycles. The molecule has 1 aliphatic heterocycles. The third kappa shape index (κ3) is 4.04. The molecule has 0 saturated carbocycles. The lowest BCUT2D eigenvalue weighted by atomic mass is 10.1. The highest BCUT2D eigenvalue weighted by Gasteiger charge is 2.31. The number of hydrogen-bond donors (Lipinski definition) is 1. The fourth-order valence-electron chi connectivity index (χ4n) is 2.87. The van der Waals surface area contributed by atoms with Gasteiger partial charge in [-0.15, -0.1) is 0 Å². The maximum absolute atomic E-state index is 12.8. The minimum atomic E-state index is -4.51. The van der Waals surface area contributed by atoms with E-state index in [1.54, 1.807) is 29.2 Å². The molecule has 2 aromatic rings. The Morgan fingerprint density at radius 1 is 1.04 bits per heavy atom. The Balaban J connectivity index is 1.78. The number of benzene rings is 2. The summed E-state index contributed by atoms with van der Waals surface area (Å²) < 4.78 is 38.4. The lowest BCUT2D eigenvalue weighted by Crippen LogP contribution is -2.35. The lowest BCUT2D eigenvalue weighted by molar-refractivity contribution is -0.137. The zero-order valence-corrected chi connectivity index (χ0v) is 13.8. The Bertz CT molecular complexity index is 834. The fourth-order valence-corrected chi connectivity index (χ4v) is 2.87. The van der Waals surface area contributed by atoms with E-state index < -0.39 is 17.6 Å². The fraction of sp³-hybridized carbons (Fsp3) is 0.263. The summed E-state index contributed by atoms with van der Waals surface area (Å²) in [6.45, 7) is 0.615. The van der Waals surface area contributed by atoms with Crippen LogP contribution in [0.1, 0.15) is 35.2 Å². The van der Waals surface area contributed by atoms with Crippen molar-refractivity contribution in [2.75, 3.05) is 16.8 Å². The summed E-state index contributed by atoms with van der Waals surface area (Å²) in [5.41, 5.74) is 0.122. The first-order valence-electron chi connectivity index (χ1n) is 8.23.